The average molecular weight is 346 g/mol. The van der Waals surface area contributed by atoms with Crippen LogP contribution in [-0.2, 0) is 0 Å². The van der Waals surface area contributed by atoms with Gasteiger partial charge < -0.3 is 10.1 Å². The molecule has 26 heavy (non-hydrogen) atoms. The predicted octanol–water partition coefficient (Wildman–Crippen LogP) is 4.64. The van der Waals surface area contributed by atoms with E-state index in [0.717, 1.165) is 11.1 Å². The first kappa shape index (κ1) is 17.7. The fourth-order valence-electron chi connectivity index (χ4n) is 2.77. The molecular formula is C22H22N2O2. The Labute approximate surface area is 153 Å². The summed E-state index contributed by atoms with van der Waals surface area (Å²) in [6.45, 7) is 4.30. The van der Waals surface area contributed by atoms with Crippen molar-refractivity contribution >= 4 is 5.91 Å². The molecule has 1 aromatic heterocycles. The van der Waals surface area contributed by atoms with Gasteiger partial charge in [0.1, 0.15) is 5.56 Å². The summed E-state index contributed by atoms with van der Waals surface area (Å²) in [4.78, 5) is 16.7. The van der Waals surface area contributed by atoms with E-state index < -0.39 is 0 Å². The van der Waals surface area contributed by atoms with Crippen molar-refractivity contribution in [1.29, 1.82) is 0 Å². The molecule has 0 aliphatic heterocycles. The van der Waals surface area contributed by atoms with Crippen molar-refractivity contribution in [1.82, 2.24) is 10.3 Å². The Bertz CT molecular complexity index is 861. The van der Waals surface area contributed by atoms with Crippen LogP contribution in [0.3, 0.4) is 0 Å². The summed E-state index contributed by atoms with van der Waals surface area (Å²) in [5.74, 6) is 0.167. The zero-order chi connectivity index (χ0) is 18.4. The number of nitrogens with one attached hydrogen (secondary N) is 1. The second kappa shape index (κ2) is 8.30. The molecule has 3 aromatic rings. The van der Waals surface area contributed by atoms with Gasteiger partial charge in [-0.2, -0.15) is 0 Å². The zero-order valence-electron chi connectivity index (χ0n) is 15.0. The summed E-state index contributed by atoms with van der Waals surface area (Å²) >= 11 is 0. The number of hydrogen-bond acceptors (Lipinski definition) is 3. The van der Waals surface area contributed by atoms with Crippen LogP contribution in [0.25, 0.3) is 11.1 Å². The van der Waals surface area contributed by atoms with Crippen LogP contribution in [0, 0.1) is 0 Å². The number of nitrogens with zero attached hydrogens (tertiary/aromatic N) is 1. The highest BCUT2D eigenvalue weighted by Gasteiger charge is 2.16. The maximum atomic E-state index is 12.6. The van der Waals surface area contributed by atoms with E-state index >= 15 is 0 Å². The van der Waals surface area contributed by atoms with Crippen LogP contribution in [0.2, 0.25) is 0 Å². The normalized spacial score (nSPS) is 11.6. The molecule has 1 amide bonds. The lowest BCUT2D eigenvalue weighted by molar-refractivity contribution is 0.0935. The molecule has 0 aliphatic rings. The number of hydrogen-bond donors (Lipinski definition) is 1. The van der Waals surface area contributed by atoms with Gasteiger partial charge in [0.2, 0.25) is 5.88 Å². The number of carbonyl (C=O) groups is 1. The van der Waals surface area contributed by atoms with Gasteiger partial charge in [0.25, 0.3) is 5.91 Å². The number of pyridine rings is 1. The third-order valence-electron chi connectivity index (χ3n) is 4.16. The lowest BCUT2D eigenvalue weighted by Gasteiger charge is -2.16. The van der Waals surface area contributed by atoms with E-state index in [1.165, 1.54) is 5.56 Å². The molecule has 4 heteroatoms. The Morgan fingerprint density at radius 1 is 1.00 bits per heavy atom. The van der Waals surface area contributed by atoms with Gasteiger partial charge in [-0.1, -0.05) is 54.6 Å². The zero-order valence-corrected chi connectivity index (χ0v) is 15.0. The van der Waals surface area contributed by atoms with Gasteiger partial charge in [-0.25, -0.2) is 4.98 Å². The summed E-state index contributed by atoms with van der Waals surface area (Å²) < 4.78 is 5.44. The minimum atomic E-state index is -0.193. The number of carbonyl (C=O) groups excluding carboxylic acids is 1. The van der Waals surface area contributed by atoms with Gasteiger partial charge in [0, 0.05) is 6.20 Å². The van der Waals surface area contributed by atoms with Gasteiger partial charge in [0.15, 0.2) is 0 Å². The van der Waals surface area contributed by atoms with Crippen LogP contribution in [0.1, 0.15) is 35.8 Å². The van der Waals surface area contributed by atoms with Crippen molar-refractivity contribution in [2.45, 2.75) is 19.9 Å². The number of benzene rings is 2. The van der Waals surface area contributed by atoms with Crippen molar-refractivity contribution in [3.8, 4) is 17.0 Å². The molecular weight excluding hydrogens is 324 g/mol. The van der Waals surface area contributed by atoms with Crippen LogP contribution in [-0.4, -0.2) is 17.5 Å². The average Bonchev–Trinajstić information content (AvgIpc) is 2.69. The second-order valence-electron chi connectivity index (χ2n) is 5.97. The Morgan fingerprint density at radius 3 is 2.38 bits per heavy atom. The van der Waals surface area contributed by atoms with Crippen molar-refractivity contribution in [2.75, 3.05) is 6.61 Å². The highest BCUT2D eigenvalue weighted by atomic mass is 16.5. The molecule has 4 nitrogen and oxygen atoms in total. The predicted molar refractivity (Wildman–Crippen MR) is 103 cm³/mol. The quantitative estimate of drug-likeness (QED) is 0.707. The topological polar surface area (TPSA) is 51.2 Å². The maximum absolute atomic E-state index is 12.6. The van der Waals surface area contributed by atoms with Crippen molar-refractivity contribution < 1.29 is 9.53 Å². The van der Waals surface area contributed by atoms with Gasteiger partial charge >= 0.3 is 0 Å². The molecule has 0 saturated carbocycles. The maximum Gasteiger partial charge on any atom is 0.257 e. The summed E-state index contributed by atoms with van der Waals surface area (Å²) in [7, 11) is 0. The fraction of sp³-hybridized carbons (Fsp3) is 0.182. The molecule has 1 atom stereocenters. The van der Waals surface area contributed by atoms with Crippen molar-refractivity contribution in [3.05, 3.63) is 84.1 Å². The Hall–Kier alpha value is -3.14. The Morgan fingerprint density at radius 2 is 1.69 bits per heavy atom. The highest BCUT2D eigenvalue weighted by Crippen LogP contribution is 2.22. The van der Waals surface area contributed by atoms with Crippen LogP contribution in [0.4, 0.5) is 0 Å². The second-order valence-corrected chi connectivity index (χ2v) is 5.97. The van der Waals surface area contributed by atoms with Crippen LogP contribution < -0.4 is 10.1 Å². The number of rotatable bonds is 6. The molecule has 0 fully saturated rings. The molecule has 132 valence electrons. The first-order chi connectivity index (χ1) is 12.7. The van der Waals surface area contributed by atoms with Crippen LogP contribution >= 0.6 is 0 Å². The van der Waals surface area contributed by atoms with Gasteiger partial charge in [-0.15, -0.1) is 0 Å². The van der Waals surface area contributed by atoms with Gasteiger partial charge in [-0.05, 0) is 42.7 Å². The SMILES string of the molecule is CCOc1ncccc1C(=O)N[C@@H](C)c1ccc(-c2ccccc2)cc1. The van der Waals surface area contributed by atoms with E-state index in [9.17, 15) is 4.79 Å². The minimum Gasteiger partial charge on any atom is -0.477 e. The Balaban J connectivity index is 1.72. The van der Waals surface area contributed by atoms with E-state index in [2.05, 4.69) is 34.6 Å². The lowest BCUT2D eigenvalue weighted by atomic mass is 10.0. The highest BCUT2D eigenvalue weighted by molar-refractivity contribution is 5.96. The van der Waals surface area contributed by atoms with Crippen molar-refractivity contribution in [3.63, 3.8) is 0 Å². The molecule has 0 bridgehead atoms. The minimum absolute atomic E-state index is 0.123. The van der Waals surface area contributed by atoms with E-state index in [1.807, 2.05) is 44.2 Å². The molecule has 2 aromatic carbocycles. The van der Waals surface area contributed by atoms with Gasteiger partial charge in [-0.3, -0.25) is 4.79 Å². The molecule has 0 spiro atoms. The fourth-order valence-corrected chi connectivity index (χ4v) is 2.77. The van der Waals surface area contributed by atoms with Crippen molar-refractivity contribution in [2.24, 2.45) is 0 Å². The summed E-state index contributed by atoms with van der Waals surface area (Å²) in [5.41, 5.74) is 3.81. The summed E-state index contributed by atoms with van der Waals surface area (Å²) in [5, 5.41) is 3.01. The third kappa shape index (κ3) is 4.09. The molecule has 0 aliphatic carbocycles. The molecule has 0 radical (unpaired) electrons. The number of aromatic nitrogens is 1. The number of amides is 1. The molecule has 3 rings (SSSR count). The smallest absolute Gasteiger partial charge is 0.257 e. The molecule has 0 saturated heterocycles. The summed E-state index contributed by atoms with van der Waals surface area (Å²) in [6.07, 6.45) is 1.62. The number of ether oxygens (including phenoxy) is 1. The van der Waals surface area contributed by atoms with E-state index in [-0.39, 0.29) is 11.9 Å². The summed E-state index contributed by atoms with van der Waals surface area (Å²) in [6, 6.07) is 21.8. The van der Waals surface area contributed by atoms with E-state index in [0.29, 0.717) is 18.1 Å². The monoisotopic (exact) mass is 346 g/mol. The third-order valence-corrected chi connectivity index (χ3v) is 4.16. The van der Waals surface area contributed by atoms with Crippen LogP contribution in [0.15, 0.2) is 72.9 Å². The van der Waals surface area contributed by atoms with Gasteiger partial charge in [0.05, 0.1) is 12.6 Å². The first-order valence-corrected chi connectivity index (χ1v) is 8.73. The largest absolute Gasteiger partial charge is 0.477 e. The molecule has 0 unspecified atom stereocenters. The standard InChI is InChI=1S/C22H22N2O2/c1-3-26-22-20(10-7-15-23-22)21(25)24-16(2)17-11-13-19(14-12-17)18-8-5-4-6-9-18/h4-16H,3H2,1-2H3,(H,24,25)/t16-/m0/s1. The first-order valence-electron chi connectivity index (χ1n) is 8.73. The van der Waals surface area contributed by atoms with E-state index in [4.69, 9.17) is 4.74 Å². The van der Waals surface area contributed by atoms with E-state index in [1.54, 1.807) is 18.3 Å². The lowest BCUT2D eigenvalue weighted by Crippen LogP contribution is -2.27. The molecule has 1 heterocycles. The Kier molecular flexibility index (Phi) is 5.64. The molecule has 1 N–H and O–H groups in total. The van der Waals surface area contributed by atoms with Crippen LogP contribution in [0.5, 0.6) is 5.88 Å².